The van der Waals surface area contributed by atoms with Crippen molar-refractivity contribution in [3.63, 3.8) is 0 Å². The number of nitrogens with zero attached hydrogens (tertiary/aromatic N) is 2. The number of hydrogen-bond donors (Lipinski definition) is 1. The van der Waals surface area contributed by atoms with E-state index in [0.717, 1.165) is 10.9 Å². The van der Waals surface area contributed by atoms with Crippen molar-refractivity contribution >= 4 is 16.9 Å². The van der Waals surface area contributed by atoms with E-state index in [4.69, 9.17) is 14.4 Å². The van der Waals surface area contributed by atoms with Crippen LogP contribution in [-0.2, 0) is 4.74 Å². The lowest BCUT2D eigenvalue weighted by Gasteiger charge is -1.98. The molecule has 3 rings (SSSR count). The lowest BCUT2D eigenvalue weighted by molar-refractivity contribution is 0.0490. The molecule has 6 nitrogen and oxygen atoms in total. The highest BCUT2D eigenvalue weighted by atomic mass is 16.5. The number of nitriles is 1. The van der Waals surface area contributed by atoms with Crippen molar-refractivity contribution in [3.05, 3.63) is 41.4 Å². The predicted molar refractivity (Wildman–Crippen MR) is 79.2 cm³/mol. The van der Waals surface area contributed by atoms with Crippen LogP contribution in [0.15, 0.2) is 28.8 Å². The molecule has 0 fully saturated rings. The first kappa shape index (κ1) is 13.9. The molecule has 0 saturated carbocycles. The minimum absolute atomic E-state index is 0.103. The summed E-state index contributed by atoms with van der Waals surface area (Å²) in [5.41, 5.74) is 2.57. The van der Waals surface area contributed by atoms with E-state index in [2.05, 4.69) is 16.0 Å². The number of nitrogens with one attached hydrogen (secondary N) is 1. The first-order valence-electron chi connectivity index (χ1n) is 6.80. The van der Waals surface area contributed by atoms with Crippen molar-refractivity contribution in [1.29, 1.82) is 5.26 Å². The molecule has 0 spiro atoms. The van der Waals surface area contributed by atoms with Crippen LogP contribution < -0.4 is 0 Å². The number of aryl methyl sites for hydroxylation is 1. The largest absolute Gasteiger partial charge is 0.460 e. The van der Waals surface area contributed by atoms with Gasteiger partial charge in [0.2, 0.25) is 11.7 Å². The minimum Gasteiger partial charge on any atom is -0.460 e. The molecule has 2 aromatic heterocycles. The minimum atomic E-state index is -0.529. The van der Waals surface area contributed by atoms with Gasteiger partial charge in [-0.3, -0.25) is 0 Å². The molecule has 1 aromatic carbocycles. The maximum Gasteiger partial charge on any atom is 0.376 e. The van der Waals surface area contributed by atoms with Crippen LogP contribution in [0.4, 0.5) is 0 Å². The Balaban J connectivity index is 2.06. The second kappa shape index (κ2) is 5.37. The molecule has 0 bridgehead atoms. The van der Waals surface area contributed by atoms with Gasteiger partial charge in [0, 0.05) is 22.7 Å². The fraction of sp³-hybridized carbons (Fsp3) is 0.188. The first-order chi connectivity index (χ1) is 10.6. The summed E-state index contributed by atoms with van der Waals surface area (Å²) >= 11 is 0. The van der Waals surface area contributed by atoms with Crippen LogP contribution in [0.5, 0.6) is 0 Å². The van der Waals surface area contributed by atoms with Crippen LogP contribution in [-0.4, -0.2) is 22.5 Å². The number of oxazole rings is 1. The average molecular weight is 295 g/mol. The molecule has 3 aromatic rings. The Labute approximate surface area is 126 Å². The maximum absolute atomic E-state index is 11.8. The van der Waals surface area contributed by atoms with Crippen molar-refractivity contribution in [3.8, 4) is 17.5 Å². The van der Waals surface area contributed by atoms with Crippen molar-refractivity contribution in [2.75, 3.05) is 6.61 Å². The number of esters is 1. The van der Waals surface area contributed by atoms with Gasteiger partial charge in [0.1, 0.15) is 6.07 Å². The van der Waals surface area contributed by atoms with Gasteiger partial charge in [0.15, 0.2) is 0 Å². The van der Waals surface area contributed by atoms with E-state index < -0.39 is 5.97 Å². The van der Waals surface area contributed by atoms with Crippen molar-refractivity contribution in [2.45, 2.75) is 13.8 Å². The second-order valence-corrected chi connectivity index (χ2v) is 4.73. The summed E-state index contributed by atoms with van der Waals surface area (Å²) in [6.07, 6.45) is 1.65. The standard InChI is InChI=1S/C16H13N3O3/c1-3-21-16(20)14-9(2)19-15(22-14)10-4-5-13-12(6-10)11(7-17)8-18-13/h4-6,8,18H,3H2,1-2H3. The molecule has 22 heavy (non-hydrogen) atoms. The van der Waals surface area contributed by atoms with E-state index in [-0.39, 0.29) is 12.4 Å². The number of H-pyrrole nitrogens is 1. The number of fused-ring (bicyclic) bond motifs is 1. The summed E-state index contributed by atoms with van der Waals surface area (Å²) in [7, 11) is 0. The number of hydrogen-bond acceptors (Lipinski definition) is 5. The molecule has 0 unspecified atom stereocenters. The summed E-state index contributed by atoms with van der Waals surface area (Å²) in [6, 6.07) is 7.60. The topological polar surface area (TPSA) is 91.9 Å². The lowest BCUT2D eigenvalue weighted by Crippen LogP contribution is -2.04. The molecule has 0 aliphatic carbocycles. The van der Waals surface area contributed by atoms with E-state index in [1.165, 1.54) is 0 Å². The number of carbonyl (C=O) groups is 1. The highest BCUT2D eigenvalue weighted by molar-refractivity contribution is 5.90. The molecule has 0 saturated heterocycles. The van der Waals surface area contributed by atoms with Crippen LogP contribution in [0.25, 0.3) is 22.4 Å². The van der Waals surface area contributed by atoms with Crippen molar-refractivity contribution in [1.82, 2.24) is 9.97 Å². The number of aromatic amines is 1. The normalized spacial score (nSPS) is 10.6. The lowest BCUT2D eigenvalue weighted by atomic mass is 10.1. The van der Waals surface area contributed by atoms with Crippen LogP contribution in [0.1, 0.15) is 28.7 Å². The number of rotatable bonds is 3. The maximum atomic E-state index is 11.8. The van der Waals surface area contributed by atoms with Gasteiger partial charge in [-0.05, 0) is 32.0 Å². The molecular weight excluding hydrogens is 282 g/mol. The Morgan fingerprint density at radius 3 is 3.05 bits per heavy atom. The summed E-state index contributed by atoms with van der Waals surface area (Å²) in [5.74, 6) is -0.0988. The van der Waals surface area contributed by atoms with Gasteiger partial charge in [-0.1, -0.05) is 0 Å². The van der Waals surface area contributed by atoms with E-state index >= 15 is 0 Å². The Morgan fingerprint density at radius 2 is 2.32 bits per heavy atom. The van der Waals surface area contributed by atoms with Gasteiger partial charge in [-0.15, -0.1) is 0 Å². The zero-order valence-electron chi connectivity index (χ0n) is 12.1. The predicted octanol–water partition coefficient (Wildman–Crippen LogP) is 3.18. The van der Waals surface area contributed by atoms with E-state index in [0.29, 0.717) is 22.7 Å². The van der Waals surface area contributed by atoms with Crippen molar-refractivity contribution < 1.29 is 13.9 Å². The molecule has 0 aliphatic rings. The van der Waals surface area contributed by atoms with E-state index in [1.54, 1.807) is 20.0 Å². The molecular formula is C16H13N3O3. The third kappa shape index (κ3) is 2.23. The third-order valence-corrected chi connectivity index (χ3v) is 3.31. The van der Waals surface area contributed by atoms with Crippen molar-refractivity contribution in [2.24, 2.45) is 0 Å². The van der Waals surface area contributed by atoms with Gasteiger partial charge in [0.25, 0.3) is 0 Å². The Bertz CT molecular complexity index is 899. The fourth-order valence-corrected chi connectivity index (χ4v) is 2.25. The van der Waals surface area contributed by atoms with Crippen LogP contribution in [0.2, 0.25) is 0 Å². The molecule has 1 N–H and O–H groups in total. The first-order valence-corrected chi connectivity index (χ1v) is 6.80. The summed E-state index contributed by atoms with van der Waals surface area (Å²) in [5, 5.41) is 9.88. The van der Waals surface area contributed by atoms with Crippen LogP contribution >= 0.6 is 0 Å². The molecule has 110 valence electrons. The van der Waals surface area contributed by atoms with Crippen LogP contribution in [0.3, 0.4) is 0 Å². The summed E-state index contributed by atoms with van der Waals surface area (Å²) in [4.78, 5) is 19.1. The Hall–Kier alpha value is -3.07. The second-order valence-electron chi connectivity index (χ2n) is 4.73. The molecule has 0 amide bonds. The molecule has 2 heterocycles. The van der Waals surface area contributed by atoms with Gasteiger partial charge in [-0.2, -0.15) is 5.26 Å². The Morgan fingerprint density at radius 1 is 1.50 bits per heavy atom. The summed E-state index contributed by atoms with van der Waals surface area (Å²) in [6.45, 7) is 3.69. The summed E-state index contributed by atoms with van der Waals surface area (Å²) < 4.78 is 10.5. The highest BCUT2D eigenvalue weighted by Crippen LogP contribution is 2.27. The number of carbonyl (C=O) groups excluding carboxylic acids is 1. The number of ether oxygens (including phenoxy) is 1. The molecule has 0 radical (unpaired) electrons. The van der Waals surface area contributed by atoms with Gasteiger partial charge in [0.05, 0.1) is 17.9 Å². The highest BCUT2D eigenvalue weighted by Gasteiger charge is 2.19. The monoisotopic (exact) mass is 295 g/mol. The van der Waals surface area contributed by atoms with E-state index in [9.17, 15) is 4.79 Å². The molecule has 6 heteroatoms. The van der Waals surface area contributed by atoms with Gasteiger partial charge in [-0.25, -0.2) is 9.78 Å². The zero-order chi connectivity index (χ0) is 15.7. The zero-order valence-corrected chi connectivity index (χ0v) is 12.1. The molecule has 0 aliphatic heterocycles. The number of aromatic nitrogens is 2. The average Bonchev–Trinajstić information content (AvgIpc) is 3.10. The smallest absolute Gasteiger partial charge is 0.376 e. The quantitative estimate of drug-likeness (QED) is 0.749. The van der Waals surface area contributed by atoms with Gasteiger partial charge >= 0.3 is 5.97 Å². The van der Waals surface area contributed by atoms with Crippen LogP contribution in [0, 0.1) is 18.3 Å². The number of benzene rings is 1. The fourth-order valence-electron chi connectivity index (χ4n) is 2.25. The van der Waals surface area contributed by atoms with Gasteiger partial charge < -0.3 is 14.1 Å². The third-order valence-electron chi connectivity index (χ3n) is 3.31. The Kier molecular flexibility index (Phi) is 3.39. The van der Waals surface area contributed by atoms with E-state index in [1.807, 2.05) is 18.2 Å². The molecule has 0 atom stereocenters. The SMILES string of the molecule is CCOC(=O)c1oc(-c2ccc3[nH]cc(C#N)c3c2)nc1C.